The van der Waals surface area contributed by atoms with Crippen molar-refractivity contribution in [2.24, 2.45) is 0 Å². The molecule has 0 atom stereocenters. The minimum absolute atomic E-state index is 1.16. The SMILES string of the molecule is c1ccc(N(c2cccs2)c2cc3cccc4c(N(c5ccccc5)c5cccs5)cc5cccc2c5c34)cc1. The Morgan fingerprint density at radius 1 is 0.400 bits per heavy atom. The molecule has 40 heavy (non-hydrogen) atoms. The molecule has 0 N–H and O–H groups in total. The van der Waals surface area contributed by atoms with Gasteiger partial charge in [-0.2, -0.15) is 0 Å². The van der Waals surface area contributed by atoms with Crippen molar-refractivity contribution in [2.45, 2.75) is 0 Å². The van der Waals surface area contributed by atoms with Crippen molar-refractivity contribution in [2.75, 3.05) is 9.80 Å². The summed E-state index contributed by atoms with van der Waals surface area (Å²) in [6, 6.07) is 48.3. The van der Waals surface area contributed by atoms with E-state index < -0.39 is 0 Å². The summed E-state index contributed by atoms with van der Waals surface area (Å²) in [6.07, 6.45) is 0. The highest BCUT2D eigenvalue weighted by Crippen LogP contribution is 2.49. The normalized spacial score (nSPS) is 11.5. The quantitative estimate of drug-likeness (QED) is 0.191. The molecule has 0 saturated heterocycles. The lowest BCUT2D eigenvalue weighted by atomic mass is 9.91. The summed E-state index contributed by atoms with van der Waals surface area (Å²) in [5.74, 6) is 0. The lowest BCUT2D eigenvalue weighted by Crippen LogP contribution is -2.10. The number of hydrogen-bond donors (Lipinski definition) is 0. The van der Waals surface area contributed by atoms with Crippen LogP contribution in [0.25, 0.3) is 32.3 Å². The molecular weight excluding hydrogens is 525 g/mol. The zero-order chi connectivity index (χ0) is 26.5. The maximum atomic E-state index is 2.40. The zero-order valence-electron chi connectivity index (χ0n) is 21.6. The molecule has 0 bridgehead atoms. The molecule has 8 rings (SSSR count). The molecule has 2 heterocycles. The lowest BCUT2D eigenvalue weighted by Gasteiger charge is -2.29. The molecule has 190 valence electrons. The van der Waals surface area contributed by atoms with E-state index in [0.29, 0.717) is 0 Å². The largest absolute Gasteiger partial charge is 0.301 e. The van der Waals surface area contributed by atoms with E-state index in [2.05, 4.69) is 154 Å². The predicted molar refractivity (Wildman–Crippen MR) is 175 cm³/mol. The first kappa shape index (κ1) is 23.3. The molecule has 0 fully saturated rings. The first-order chi connectivity index (χ1) is 19.9. The van der Waals surface area contributed by atoms with Crippen LogP contribution < -0.4 is 9.80 Å². The van der Waals surface area contributed by atoms with Gasteiger partial charge in [0.05, 0.1) is 21.4 Å². The zero-order valence-corrected chi connectivity index (χ0v) is 23.2. The standard InChI is InChI=1S/C36H24N2S2/c1-3-13-27(14-4-1)37(33-19-9-21-39-33)31-23-25-11-8-18-30-32(24-26-12-7-17-29(31)35(26)36(25)30)38(34-20-10-22-40-34)28-15-5-2-6-16-28/h1-24H. The number of anilines is 6. The summed E-state index contributed by atoms with van der Waals surface area (Å²) in [4.78, 5) is 4.80. The summed E-state index contributed by atoms with van der Waals surface area (Å²) in [6.45, 7) is 0. The molecule has 0 unspecified atom stereocenters. The van der Waals surface area contributed by atoms with Gasteiger partial charge in [-0.25, -0.2) is 0 Å². The molecular formula is C36H24N2S2. The molecule has 0 aliphatic carbocycles. The predicted octanol–water partition coefficient (Wildman–Crippen LogP) is 11.6. The summed E-state index contributed by atoms with van der Waals surface area (Å²) in [5, 5.41) is 14.3. The summed E-state index contributed by atoms with van der Waals surface area (Å²) in [5.41, 5.74) is 4.72. The van der Waals surface area contributed by atoms with E-state index in [-0.39, 0.29) is 0 Å². The summed E-state index contributed by atoms with van der Waals surface area (Å²) >= 11 is 3.53. The number of hydrogen-bond acceptors (Lipinski definition) is 4. The second-order valence-corrected chi connectivity index (χ2v) is 11.7. The third kappa shape index (κ3) is 3.69. The van der Waals surface area contributed by atoms with Crippen molar-refractivity contribution in [3.8, 4) is 0 Å². The van der Waals surface area contributed by atoms with Gasteiger partial charge >= 0.3 is 0 Å². The Balaban J connectivity index is 1.45. The molecule has 6 aromatic carbocycles. The fourth-order valence-electron chi connectivity index (χ4n) is 5.90. The van der Waals surface area contributed by atoms with Gasteiger partial charge in [0.15, 0.2) is 0 Å². The Hall–Kier alpha value is -4.64. The Morgan fingerprint density at radius 3 is 1.25 bits per heavy atom. The van der Waals surface area contributed by atoms with Gasteiger partial charge in [-0.1, -0.05) is 72.8 Å². The summed E-state index contributed by atoms with van der Waals surface area (Å²) in [7, 11) is 0. The van der Waals surface area contributed by atoms with Crippen LogP contribution in [0.4, 0.5) is 32.8 Å². The minimum Gasteiger partial charge on any atom is -0.301 e. The molecule has 0 amide bonds. The van der Waals surface area contributed by atoms with E-state index in [1.54, 1.807) is 22.7 Å². The van der Waals surface area contributed by atoms with Crippen molar-refractivity contribution < 1.29 is 0 Å². The van der Waals surface area contributed by atoms with Gasteiger partial charge in [-0.15, -0.1) is 22.7 Å². The monoisotopic (exact) mass is 548 g/mol. The first-order valence-corrected chi connectivity index (χ1v) is 15.1. The fraction of sp³-hybridized carbons (Fsp3) is 0. The summed E-state index contributed by atoms with van der Waals surface area (Å²) < 4.78 is 0. The number of nitrogens with zero attached hydrogens (tertiary/aromatic N) is 2. The van der Waals surface area contributed by atoms with Crippen LogP contribution in [0.1, 0.15) is 0 Å². The Labute approximate surface area is 240 Å². The van der Waals surface area contributed by atoms with E-state index in [4.69, 9.17) is 0 Å². The highest BCUT2D eigenvalue weighted by atomic mass is 32.1. The topological polar surface area (TPSA) is 6.48 Å². The van der Waals surface area contributed by atoms with Crippen LogP contribution in [-0.2, 0) is 0 Å². The van der Waals surface area contributed by atoms with Gasteiger partial charge in [0.25, 0.3) is 0 Å². The Kier molecular flexibility index (Phi) is 5.54. The number of benzene rings is 6. The van der Waals surface area contributed by atoms with E-state index in [1.165, 1.54) is 53.7 Å². The molecule has 0 radical (unpaired) electrons. The van der Waals surface area contributed by atoms with Crippen molar-refractivity contribution in [3.63, 3.8) is 0 Å². The number of para-hydroxylation sites is 2. The van der Waals surface area contributed by atoms with Crippen LogP contribution in [0.15, 0.2) is 144 Å². The van der Waals surface area contributed by atoms with Crippen molar-refractivity contribution in [3.05, 3.63) is 144 Å². The van der Waals surface area contributed by atoms with Crippen LogP contribution in [-0.4, -0.2) is 0 Å². The van der Waals surface area contributed by atoms with Crippen molar-refractivity contribution in [1.29, 1.82) is 0 Å². The third-order valence-corrected chi connectivity index (χ3v) is 9.25. The van der Waals surface area contributed by atoms with E-state index in [1.807, 2.05) is 0 Å². The fourth-order valence-corrected chi connectivity index (χ4v) is 7.43. The average molecular weight is 549 g/mol. The van der Waals surface area contributed by atoms with Gasteiger partial charge in [-0.05, 0) is 93.0 Å². The van der Waals surface area contributed by atoms with Crippen LogP contribution in [0, 0.1) is 0 Å². The number of rotatable bonds is 6. The second kappa shape index (κ2) is 9.53. The van der Waals surface area contributed by atoms with Crippen LogP contribution in [0.2, 0.25) is 0 Å². The molecule has 2 nitrogen and oxygen atoms in total. The molecule has 8 aromatic rings. The van der Waals surface area contributed by atoms with E-state index in [9.17, 15) is 0 Å². The highest BCUT2D eigenvalue weighted by Gasteiger charge is 2.23. The Bertz CT molecular complexity index is 1900. The van der Waals surface area contributed by atoms with Gasteiger partial charge in [-0.3, -0.25) is 0 Å². The molecule has 0 aliphatic rings. The average Bonchev–Trinajstić information content (AvgIpc) is 3.74. The van der Waals surface area contributed by atoms with E-state index >= 15 is 0 Å². The van der Waals surface area contributed by atoms with Gasteiger partial charge in [0, 0.05) is 22.1 Å². The maximum absolute atomic E-state index is 2.40. The molecule has 0 saturated carbocycles. The van der Waals surface area contributed by atoms with Crippen LogP contribution >= 0.6 is 22.7 Å². The Morgan fingerprint density at radius 2 is 0.850 bits per heavy atom. The molecule has 4 heteroatoms. The number of thiophene rings is 2. The lowest BCUT2D eigenvalue weighted by molar-refractivity contribution is 1.33. The van der Waals surface area contributed by atoms with Crippen LogP contribution in [0.5, 0.6) is 0 Å². The van der Waals surface area contributed by atoms with Gasteiger partial charge < -0.3 is 9.80 Å². The maximum Gasteiger partial charge on any atom is 0.0999 e. The molecule has 0 aliphatic heterocycles. The smallest absolute Gasteiger partial charge is 0.0999 e. The van der Waals surface area contributed by atoms with E-state index in [0.717, 1.165) is 11.4 Å². The first-order valence-electron chi connectivity index (χ1n) is 13.3. The minimum atomic E-state index is 1.16. The highest BCUT2D eigenvalue weighted by molar-refractivity contribution is 7.14. The van der Waals surface area contributed by atoms with Gasteiger partial charge in [0.1, 0.15) is 0 Å². The van der Waals surface area contributed by atoms with Crippen molar-refractivity contribution in [1.82, 2.24) is 0 Å². The van der Waals surface area contributed by atoms with Crippen LogP contribution in [0.3, 0.4) is 0 Å². The van der Waals surface area contributed by atoms with Crippen molar-refractivity contribution >= 4 is 87.7 Å². The second-order valence-electron chi connectivity index (χ2n) is 9.84. The molecule has 2 aromatic heterocycles. The third-order valence-electron chi connectivity index (χ3n) is 7.54. The molecule has 0 spiro atoms. The van der Waals surface area contributed by atoms with Gasteiger partial charge in [0.2, 0.25) is 0 Å².